The molecule has 0 aliphatic carbocycles. The van der Waals surface area contributed by atoms with Crippen LogP contribution in [0.3, 0.4) is 0 Å². The van der Waals surface area contributed by atoms with E-state index in [0.29, 0.717) is 0 Å². The molecule has 4 heteroatoms. The van der Waals surface area contributed by atoms with Crippen molar-refractivity contribution in [2.45, 2.75) is 17.3 Å². The number of aliphatic hydroxyl groups is 1. The average Bonchev–Trinajstić information content (AvgIpc) is 2.18. The molecule has 0 saturated heterocycles. The van der Waals surface area contributed by atoms with E-state index in [4.69, 9.17) is 10.5 Å². The Balaban J connectivity index is 2.87. The second kappa shape index (κ2) is 5.24. The van der Waals surface area contributed by atoms with Gasteiger partial charge < -0.3 is 15.6 Å². The van der Waals surface area contributed by atoms with Crippen LogP contribution < -0.4 is 10.5 Å². The van der Waals surface area contributed by atoms with Gasteiger partial charge in [0.2, 0.25) is 0 Å². The molecular weight excluding hydrogens is 198 g/mol. The van der Waals surface area contributed by atoms with Crippen LogP contribution in [0.2, 0.25) is 0 Å². The number of aliphatic hydroxyl groups excluding tert-OH is 1. The number of aryl methyl sites for hydroxylation is 1. The summed E-state index contributed by atoms with van der Waals surface area (Å²) in [6.45, 7) is 2.24. The summed E-state index contributed by atoms with van der Waals surface area (Å²) in [5, 5.41) is 9.40. The van der Waals surface area contributed by atoms with Crippen molar-refractivity contribution in [3.8, 4) is 5.75 Å². The van der Waals surface area contributed by atoms with Gasteiger partial charge in [-0.1, -0.05) is 17.8 Å². The van der Waals surface area contributed by atoms with E-state index in [0.717, 1.165) is 16.2 Å². The van der Waals surface area contributed by atoms with Gasteiger partial charge >= 0.3 is 0 Å². The predicted molar refractivity (Wildman–Crippen MR) is 58.6 cm³/mol. The van der Waals surface area contributed by atoms with Gasteiger partial charge in [-0.2, -0.15) is 0 Å². The molecule has 1 aromatic rings. The summed E-state index contributed by atoms with van der Waals surface area (Å²) in [5.74, 6) is 0.771. The van der Waals surface area contributed by atoms with Crippen LogP contribution in [-0.2, 0) is 0 Å². The van der Waals surface area contributed by atoms with Crippen molar-refractivity contribution in [1.29, 1.82) is 0 Å². The third-order valence-electron chi connectivity index (χ3n) is 1.78. The van der Waals surface area contributed by atoms with E-state index in [2.05, 4.69) is 0 Å². The molecule has 1 aromatic carbocycles. The molecule has 0 fully saturated rings. The van der Waals surface area contributed by atoms with Crippen molar-refractivity contribution >= 4 is 11.8 Å². The van der Waals surface area contributed by atoms with Crippen molar-refractivity contribution in [2.24, 2.45) is 5.73 Å². The lowest BCUT2D eigenvalue weighted by atomic mass is 10.2. The van der Waals surface area contributed by atoms with Gasteiger partial charge in [0, 0.05) is 6.54 Å². The molecule has 0 radical (unpaired) electrons. The van der Waals surface area contributed by atoms with Gasteiger partial charge in [0.05, 0.1) is 12.0 Å². The first kappa shape index (κ1) is 11.4. The molecule has 78 valence electrons. The fourth-order valence-electron chi connectivity index (χ4n) is 1.07. The SMILES string of the molecule is COc1ccc(C)cc1SC(O)CN. The molecule has 0 amide bonds. The highest BCUT2D eigenvalue weighted by Crippen LogP contribution is 2.31. The van der Waals surface area contributed by atoms with E-state index in [1.807, 2.05) is 25.1 Å². The van der Waals surface area contributed by atoms with Crippen LogP contribution in [0, 0.1) is 6.92 Å². The fourth-order valence-corrected chi connectivity index (χ4v) is 1.98. The molecule has 0 aliphatic heterocycles. The van der Waals surface area contributed by atoms with Crippen LogP contribution in [0.5, 0.6) is 5.75 Å². The van der Waals surface area contributed by atoms with Crippen LogP contribution in [-0.4, -0.2) is 24.2 Å². The maximum atomic E-state index is 9.40. The number of benzene rings is 1. The van der Waals surface area contributed by atoms with E-state index in [-0.39, 0.29) is 6.54 Å². The predicted octanol–water partition coefficient (Wildman–Crippen LogP) is 1.37. The quantitative estimate of drug-likeness (QED) is 0.586. The summed E-state index contributed by atoms with van der Waals surface area (Å²) >= 11 is 1.31. The van der Waals surface area contributed by atoms with E-state index in [1.165, 1.54) is 11.8 Å². The average molecular weight is 213 g/mol. The zero-order valence-electron chi connectivity index (χ0n) is 8.36. The Morgan fingerprint density at radius 3 is 2.86 bits per heavy atom. The summed E-state index contributed by atoms with van der Waals surface area (Å²) < 4.78 is 5.17. The number of rotatable bonds is 4. The lowest BCUT2D eigenvalue weighted by molar-refractivity contribution is 0.271. The zero-order valence-corrected chi connectivity index (χ0v) is 9.17. The number of ether oxygens (including phenoxy) is 1. The highest BCUT2D eigenvalue weighted by atomic mass is 32.2. The molecule has 1 unspecified atom stereocenters. The molecule has 3 nitrogen and oxygen atoms in total. The van der Waals surface area contributed by atoms with Crippen molar-refractivity contribution in [3.63, 3.8) is 0 Å². The van der Waals surface area contributed by atoms with Gasteiger partial charge in [0.1, 0.15) is 11.2 Å². The Labute approximate surface area is 88.3 Å². The molecule has 0 aromatic heterocycles. The summed E-state index contributed by atoms with van der Waals surface area (Å²) in [5.41, 5.74) is 5.90. The third kappa shape index (κ3) is 2.90. The summed E-state index contributed by atoms with van der Waals surface area (Å²) in [6.07, 6.45) is 0. The molecule has 0 bridgehead atoms. The second-order valence-corrected chi connectivity index (χ2v) is 4.18. The normalized spacial score (nSPS) is 12.6. The number of hydrogen-bond donors (Lipinski definition) is 2. The summed E-state index contributed by atoms with van der Waals surface area (Å²) in [4.78, 5) is 0.922. The molecule has 0 heterocycles. The minimum absolute atomic E-state index is 0.238. The van der Waals surface area contributed by atoms with Crippen molar-refractivity contribution in [1.82, 2.24) is 0 Å². The van der Waals surface area contributed by atoms with Crippen LogP contribution >= 0.6 is 11.8 Å². The highest BCUT2D eigenvalue weighted by Gasteiger charge is 2.08. The van der Waals surface area contributed by atoms with Crippen molar-refractivity contribution in [3.05, 3.63) is 23.8 Å². The molecule has 14 heavy (non-hydrogen) atoms. The molecular formula is C10H15NO2S. The van der Waals surface area contributed by atoms with Crippen molar-refractivity contribution < 1.29 is 9.84 Å². The number of nitrogens with two attached hydrogens (primary N) is 1. The Bertz CT molecular complexity index is 304. The van der Waals surface area contributed by atoms with Crippen molar-refractivity contribution in [2.75, 3.05) is 13.7 Å². The van der Waals surface area contributed by atoms with Gasteiger partial charge in [-0.25, -0.2) is 0 Å². The Kier molecular flexibility index (Phi) is 4.25. The first-order chi connectivity index (χ1) is 6.67. The summed E-state index contributed by atoms with van der Waals surface area (Å²) in [6, 6.07) is 5.83. The highest BCUT2D eigenvalue weighted by molar-refractivity contribution is 7.99. The smallest absolute Gasteiger partial charge is 0.132 e. The Morgan fingerprint density at radius 2 is 2.29 bits per heavy atom. The van der Waals surface area contributed by atoms with Crippen LogP contribution in [0.15, 0.2) is 23.1 Å². The van der Waals surface area contributed by atoms with Gasteiger partial charge in [-0.05, 0) is 24.6 Å². The Morgan fingerprint density at radius 1 is 1.57 bits per heavy atom. The van der Waals surface area contributed by atoms with Gasteiger partial charge in [0.25, 0.3) is 0 Å². The minimum Gasteiger partial charge on any atom is -0.496 e. The molecule has 0 spiro atoms. The number of hydrogen-bond acceptors (Lipinski definition) is 4. The van der Waals surface area contributed by atoms with Gasteiger partial charge in [-0.3, -0.25) is 0 Å². The zero-order chi connectivity index (χ0) is 10.6. The van der Waals surface area contributed by atoms with E-state index >= 15 is 0 Å². The third-order valence-corrected chi connectivity index (χ3v) is 2.82. The number of thioether (sulfide) groups is 1. The summed E-state index contributed by atoms with van der Waals surface area (Å²) in [7, 11) is 1.61. The van der Waals surface area contributed by atoms with Gasteiger partial charge in [-0.15, -0.1) is 0 Å². The maximum absolute atomic E-state index is 9.40. The lowest BCUT2D eigenvalue weighted by Gasteiger charge is -2.11. The van der Waals surface area contributed by atoms with Gasteiger partial charge in [0.15, 0.2) is 0 Å². The fraction of sp³-hybridized carbons (Fsp3) is 0.400. The first-order valence-electron chi connectivity index (χ1n) is 4.36. The number of methoxy groups -OCH3 is 1. The first-order valence-corrected chi connectivity index (χ1v) is 5.24. The minimum atomic E-state index is -0.578. The second-order valence-electron chi connectivity index (χ2n) is 2.96. The van der Waals surface area contributed by atoms with E-state index in [1.54, 1.807) is 7.11 Å². The lowest BCUT2D eigenvalue weighted by Crippen LogP contribution is -2.15. The monoisotopic (exact) mass is 213 g/mol. The molecule has 3 N–H and O–H groups in total. The molecule has 1 atom stereocenters. The van der Waals surface area contributed by atoms with Crippen LogP contribution in [0.25, 0.3) is 0 Å². The molecule has 0 aliphatic rings. The largest absolute Gasteiger partial charge is 0.496 e. The molecule has 0 saturated carbocycles. The standard InChI is InChI=1S/C10H15NO2S/c1-7-3-4-8(13-2)9(5-7)14-10(12)6-11/h3-5,10,12H,6,11H2,1-2H3. The maximum Gasteiger partial charge on any atom is 0.132 e. The topological polar surface area (TPSA) is 55.5 Å². The van der Waals surface area contributed by atoms with E-state index < -0.39 is 5.44 Å². The van der Waals surface area contributed by atoms with Crippen LogP contribution in [0.1, 0.15) is 5.56 Å². The Hall–Kier alpha value is -0.710. The van der Waals surface area contributed by atoms with Crippen LogP contribution in [0.4, 0.5) is 0 Å². The van der Waals surface area contributed by atoms with E-state index in [9.17, 15) is 5.11 Å². The molecule has 1 rings (SSSR count).